The monoisotopic (exact) mass is 617 g/mol. The zero-order chi connectivity index (χ0) is 28.4. The van der Waals surface area contributed by atoms with Crippen LogP contribution in [0.1, 0.15) is 30.9 Å². The van der Waals surface area contributed by atoms with Gasteiger partial charge in [-0.1, -0.05) is 77.8 Å². The summed E-state index contributed by atoms with van der Waals surface area (Å²) in [4.78, 5) is 28.8. The number of hydrogen-bond acceptors (Lipinski definition) is 4. The van der Waals surface area contributed by atoms with E-state index in [1.54, 1.807) is 36.4 Å². The Balaban J connectivity index is 2.02. The maximum atomic E-state index is 13.9. The van der Waals surface area contributed by atoms with E-state index in [1.165, 1.54) is 17.0 Å². The van der Waals surface area contributed by atoms with Crippen LogP contribution in [-0.2, 0) is 32.6 Å². The number of anilines is 1. The molecule has 0 saturated carbocycles. The predicted octanol–water partition coefficient (Wildman–Crippen LogP) is 4.91. The molecule has 0 spiro atoms. The third-order valence-corrected chi connectivity index (χ3v) is 7.78. The third kappa shape index (κ3) is 9.18. The van der Waals surface area contributed by atoms with Crippen molar-refractivity contribution < 1.29 is 22.4 Å². The Kier molecular flexibility index (Phi) is 11.1. The number of carbonyl (C=O) groups is 2. The average Bonchev–Trinajstić information content (AvgIpc) is 2.90. The summed E-state index contributed by atoms with van der Waals surface area (Å²) in [5.74, 6) is -1.32. The lowest BCUT2D eigenvalue weighted by molar-refractivity contribution is -0.140. The second kappa shape index (κ2) is 14.2. The molecular formula is C29H33BrFN3O4S. The van der Waals surface area contributed by atoms with Crippen molar-refractivity contribution in [2.24, 2.45) is 0 Å². The second-order valence-electron chi connectivity index (χ2n) is 9.25. The molecule has 3 aromatic carbocycles. The van der Waals surface area contributed by atoms with Crippen LogP contribution in [0.2, 0.25) is 0 Å². The van der Waals surface area contributed by atoms with Crippen LogP contribution in [0.25, 0.3) is 0 Å². The van der Waals surface area contributed by atoms with Crippen molar-refractivity contribution in [2.75, 3.05) is 23.7 Å². The van der Waals surface area contributed by atoms with Gasteiger partial charge in [0.15, 0.2) is 0 Å². The molecule has 0 unspecified atom stereocenters. The fraction of sp³-hybridized carbons (Fsp3) is 0.310. The van der Waals surface area contributed by atoms with Crippen molar-refractivity contribution in [3.05, 3.63) is 100 Å². The fourth-order valence-corrected chi connectivity index (χ4v) is 5.32. The number of amides is 2. The van der Waals surface area contributed by atoms with E-state index in [-0.39, 0.29) is 18.9 Å². The van der Waals surface area contributed by atoms with E-state index in [1.807, 2.05) is 37.3 Å². The van der Waals surface area contributed by atoms with Crippen LogP contribution in [0.3, 0.4) is 0 Å². The average molecular weight is 619 g/mol. The number of nitrogens with zero attached hydrogens (tertiary/aromatic N) is 2. The van der Waals surface area contributed by atoms with E-state index in [0.717, 1.165) is 29.0 Å². The lowest BCUT2D eigenvalue weighted by atomic mass is 10.0. The molecule has 10 heteroatoms. The fourth-order valence-electron chi connectivity index (χ4n) is 4.09. The van der Waals surface area contributed by atoms with Crippen molar-refractivity contribution >= 4 is 43.5 Å². The van der Waals surface area contributed by atoms with E-state index in [9.17, 15) is 22.4 Å². The van der Waals surface area contributed by atoms with Gasteiger partial charge in [0, 0.05) is 24.0 Å². The molecule has 0 bridgehead atoms. The molecule has 3 rings (SSSR count). The normalized spacial score (nSPS) is 12.0. The number of nitrogens with one attached hydrogen (secondary N) is 1. The lowest BCUT2D eigenvalue weighted by Gasteiger charge is -2.33. The summed E-state index contributed by atoms with van der Waals surface area (Å²) in [5.41, 5.74) is 1.77. The number of rotatable bonds is 13. The molecule has 2 amide bonds. The van der Waals surface area contributed by atoms with Gasteiger partial charge in [0.25, 0.3) is 0 Å². The molecule has 0 saturated heterocycles. The summed E-state index contributed by atoms with van der Waals surface area (Å²) in [5, 5.41) is 2.93. The Morgan fingerprint density at radius 1 is 0.974 bits per heavy atom. The predicted molar refractivity (Wildman–Crippen MR) is 155 cm³/mol. The Morgan fingerprint density at radius 2 is 1.67 bits per heavy atom. The SMILES string of the molecule is CCCCNC(=O)[C@@H](Cc1ccccc1)N(Cc1ccc(F)cc1)C(=O)CN(c1cccc(Br)c1)S(C)(=O)=O. The molecule has 3 aromatic rings. The third-order valence-electron chi connectivity index (χ3n) is 6.14. The minimum absolute atomic E-state index is 0.00605. The van der Waals surface area contributed by atoms with Crippen molar-refractivity contribution in [3.63, 3.8) is 0 Å². The van der Waals surface area contributed by atoms with Gasteiger partial charge in [0.1, 0.15) is 18.4 Å². The topological polar surface area (TPSA) is 86.8 Å². The molecule has 0 fully saturated rings. The number of halogens is 2. The minimum Gasteiger partial charge on any atom is -0.354 e. The van der Waals surface area contributed by atoms with Crippen LogP contribution >= 0.6 is 15.9 Å². The van der Waals surface area contributed by atoms with E-state index in [0.29, 0.717) is 22.3 Å². The van der Waals surface area contributed by atoms with Crippen LogP contribution in [0.4, 0.5) is 10.1 Å². The quantitative estimate of drug-likeness (QED) is 0.276. The summed E-state index contributed by atoms with van der Waals surface area (Å²) in [7, 11) is -3.85. The number of unbranched alkanes of at least 4 members (excludes halogenated alkanes) is 1. The van der Waals surface area contributed by atoms with Gasteiger partial charge in [0.05, 0.1) is 11.9 Å². The summed E-state index contributed by atoms with van der Waals surface area (Å²) >= 11 is 3.35. The van der Waals surface area contributed by atoms with E-state index in [4.69, 9.17) is 0 Å². The van der Waals surface area contributed by atoms with Gasteiger partial charge in [-0.3, -0.25) is 13.9 Å². The van der Waals surface area contributed by atoms with Gasteiger partial charge in [0.2, 0.25) is 21.8 Å². The Hall–Kier alpha value is -3.24. The highest BCUT2D eigenvalue weighted by Crippen LogP contribution is 2.23. The first-order valence-corrected chi connectivity index (χ1v) is 15.3. The van der Waals surface area contributed by atoms with Crippen LogP contribution in [0.5, 0.6) is 0 Å². The molecule has 1 atom stereocenters. The molecule has 39 heavy (non-hydrogen) atoms. The molecule has 1 N–H and O–H groups in total. The van der Waals surface area contributed by atoms with Gasteiger partial charge in [-0.25, -0.2) is 12.8 Å². The van der Waals surface area contributed by atoms with Crippen LogP contribution in [0.15, 0.2) is 83.3 Å². The molecule has 208 valence electrons. The largest absolute Gasteiger partial charge is 0.354 e. The second-order valence-corrected chi connectivity index (χ2v) is 12.1. The van der Waals surface area contributed by atoms with E-state index >= 15 is 0 Å². The van der Waals surface area contributed by atoms with Crippen molar-refractivity contribution in [2.45, 2.75) is 38.8 Å². The number of sulfonamides is 1. The number of carbonyl (C=O) groups excluding carboxylic acids is 2. The van der Waals surface area contributed by atoms with Crippen molar-refractivity contribution in [3.8, 4) is 0 Å². The summed E-state index contributed by atoms with van der Waals surface area (Å²) < 4.78 is 40.9. The van der Waals surface area contributed by atoms with E-state index in [2.05, 4.69) is 21.2 Å². The maximum Gasteiger partial charge on any atom is 0.244 e. The summed E-state index contributed by atoms with van der Waals surface area (Å²) in [6, 6.07) is 20.7. The molecule has 0 aliphatic heterocycles. The van der Waals surface area contributed by atoms with Gasteiger partial charge in [-0.15, -0.1) is 0 Å². The lowest BCUT2D eigenvalue weighted by Crippen LogP contribution is -2.53. The minimum atomic E-state index is -3.85. The molecule has 0 heterocycles. The van der Waals surface area contributed by atoms with E-state index < -0.39 is 34.3 Å². The molecule has 0 aromatic heterocycles. The highest BCUT2D eigenvalue weighted by Gasteiger charge is 2.33. The molecule has 0 aliphatic rings. The molecule has 7 nitrogen and oxygen atoms in total. The van der Waals surface area contributed by atoms with Gasteiger partial charge in [-0.2, -0.15) is 0 Å². The highest BCUT2D eigenvalue weighted by atomic mass is 79.9. The summed E-state index contributed by atoms with van der Waals surface area (Å²) in [6.45, 7) is 1.95. The van der Waals surface area contributed by atoms with Crippen molar-refractivity contribution in [1.29, 1.82) is 0 Å². The zero-order valence-corrected chi connectivity index (χ0v) is 24.4. The molecule has 0 aliphatic carbocycles. The zero-order valence-electron chi connectivity index (χ0n) is 22.0. The number of benzene rings is 3. The summed E-state index contributed by atoms with van der Waals surface area (Å²) in [6.07, 6.45) is 2.92. The Bertz CT molecular complexity index is 1350. The first kappa shape index (κ1) is 30.3. The Morgan fingerprint density at radius 3 is 2.28 bits per heavy atom. The smallest absolute Gasteiger partial charge is 0.244 e. The molecular weight excluding hydrogens is 585 g/mol. The molecule has 0 radical (unpaired) electrons. The van der Waals surface area contributed by atoms with Crippen LogP contribution in [-0.4, -0.2) is 50.5 Å². The van der Waals surface area contributed by atoms with Gasteiger partial charge >= 0.3 is 0 Å². The van der Waals surface area contributed by atoms with Gasteiger partial charge in [-0.05, 0) is 47.9 Å². The van der Waals surface area contributed by atoms with Crippen LogP contribution in [0, 0.1) is 5.82 Å². The Labute approximate surface area is 238 Å². The maximum absolute atomic E-state index is 13.9. The van der Waals surface area contributed by atoms with Crippen molar-refractivity contribution in [1.82, 2.24) is 10.2 Å². The first-order valence-electron chi connectivity index (χ1n) is 12.7. The van der Waals surface area contributed by atoms with Crippen LogP contribution < -0.4 is 9.62 Å². The highest BCUT2D eigenvalue weighted by molar-refractivity contribution is 9.10. The standard InChI is InChI=1S/C29H33BrFN3O4S/c1-3-4-17-32-29(36)27(18-22-9-6-5-7-10-22)33(20-23-13-15-25(31)16-14-23)28(35)21-34(39(2,37)38)26-12-8-11-24(30)19-26/h5-16,19,27H,3-4,17-18,20-21H2,1-2H3,(H,32,36)/t27-/m1/s1. The number of hydrogen-bond donors (Lipinski definition) is 1. The van der Waals surface area contributed by atoms with Gasteiger partial charge < -0.3 is 10.2 Å². The first-order chi connectivity index (χ1) is 18.6.